The fourth-order valence-corrected chi connectivity index (χ4v) is 5.15. The number of hydrogen-bond donors (Lipinski definition) is 1. The minimum atomic E-state index is -0.0268. The third kappa shape index (κ3) is 4.94. The standard InChI is InChI=1S/C28H29ClN4O3/c1-18-15-26(31-23-7-5-22(29)6-8-23)24-16-20(4-10-27(24)33(18)19(2)34)25-9-3-21(17-30-25)28(35)32-11-13-36-14-12-32/h3-10,16-18,26,31H,11-15H2,1-2H3/t18-,26+/m0/s1. The van der Waals surface area contributed by atoms with Gasteiger partial charge in [-0.1, -0.05) is 17.7 Å². The minimum absolute atomic E-state index is 0.00824. The van der Waals surface area contributed by atoms with Gasteiger partial charge in [0.15, 0.2) is 0 Å². The Morgan fingerprint density at radius 2 is 1.81 bits per heavy atom. The van der Waals surface area contributed by atoms with Crippen LogP contribution in [0, 0.1) is 0 Å². The molecule has 186 valence electrons. The number of ether oxygens (including phenoxy) is 1. The van der Waals surface area contributed by atoms with Crippen molar-refractivity contribution in [2.45, 2.75) is 32.4 Å². The molecule has 1 aromatic heterocycles. The number of carbonyl (C=O) groups excluding carboxylic acids is 2. The van der Waals surface area contributed by atoms with Gasteiger partial charge >= 0.3 is 0 Å². The van der Waals surface area contributed by atoms with Gasteiger partial charge in [0.05, 0.1) is 30.5 Å². The molecule has 2 aliphatic heterocycles. The Morgan fingerprint density at radius 1 is 1.06 bits per heavy atom. The fourth-order valence-electron chi connectivity index (χ4n) is 5.03. The molecular weight excluding hydrogens is 476 g/mol. The lowest BCUT2D eigenvalue weighted by atomic mass is 9.89. The maximum absolute atomic E-state index is 12.8. The first-order valence-corrected chi connectivity index (χ1v) is 12.6. The van der Waals surface area contributed by atoms with Crippen molar-refractivity contribution in [3.63, 3.8) is 0 Å². The van der Waals surface area contributed by atoms with Gasteiger partial charge in [-0.05, 0) is 67.4 Å². The summed E-state index contributed by atoms with van der Waals surface area (Å²) >= 11 is 6.07. The number of morpholine rings is 1. The van der Waals surface area contributed by atoms with E-state index in [1.807, 2.05) is 53.4 Å². The molecule has 0 saturated carbocycles. The van der Waals surface area contributed by atoms with Gasteiger partial charge in [0.2, 0.25) is 5.91 Å². The Hall–Kier alpha value is -3.42. The number of aromatic nitrogens is 1. The monoisotopic (exact) mass is 504 g/mol. The first-order chi connectivity index (χ1) is 17.4. The third-order valence-corrected chi connectivity index (χ3v) is 7.06. The molecule has 1 saturated heterocycles. The zero-order valence-electron chi connectivity index (χ0n) is 20.4. The van der Waals surface area contributed by atoms with Crippen LogP contribution in [0.25, 0.3) is 11.3 Å². The van der Waals surface area contributed by atoms with E-state index in [9.17, 15) is 9.59 Å². The largest absolute Gasteiger partial charge is 0.378 e. The van der Waals surface area contributed by atoms with Gasteiger partial charge in [-0.2, -0.15) is 0 Å². The van der Waals surface area contributed by atoms with Crippen LogP contribution in [0.5, 0.6) is 0 Å². The van der Waals surface area contributed by atoms with Crippen molar-refractivity contribution < 1.29 is 14.3 Å². The van der Waals surface area contributed by atoms with E-state index in [1.54, 1.807) is 18.0 Å². The van der Waals surface area contributed by atoms with E-state index in [4.69, 9.17) is 16.3 Å². The van der Waals surface area contributed by atoms with E-state index in [-0.39, 0.29) is 23.9 Å². The van der Waals surface area contributed by atoms with Gasteiger partial charge in [-0.15, -0.1) is 0 Å². The number of rotatable bonds is 4. The van der Waals surface area contributed by atoms with Crippen molar-refractivity contribution in [1.29, 1.82) is 0 Å². The second-order valence-electron chi connectivity index (χ2n) is 9.29. The molecule has 1 N–H and O–H groups in total. The van der Waals surface area contributed by atoms with Gasteiger partial charge in [0.25, 0.3) is 5.91 Å². The SMILES string of the molecule is CC(=O)N1c2ccc(-c3ccc(C(=O)N4CCOCC4)cn3)cc2[C@H](Nc2ccc(Cl)cc2)C[C@@H]1C. The van der Waals surface area contributed by atoms with Crippen LogP contribution >= 0.6 is 11.6 Å². The lowest BCUT2D eigenvalue weighted by Crippen LogP contribution is -2.43. The Labute approximate surface area is 216 Å². The molecule has 0 unspecified atom stereocenters. The van der Waals surface area contributed by atoms with Gasteiger partial charge in [-0.3, -0.25) is 14.6 Å². The molecule has 2 aliphatic rings. The van der Waals surface area contributed by atoms with Crippen LogP contribution in [0.15, 0.2) is 60.8 Å². The fraction of sp³-hybridized carbons (Fsp3) is 0.321. The molecule has 0 radical (unpaired) electrons. The number of anilines is 2. The van der Waals surface area contributed by atoms with E-state index in [1.165, 1.54) is 0 Å². The topological polar surface area (TPSA) is 74.8 Å². The summed E-state index contributed by atoms with van der Waals surface area (Å²) in [7, 11) is 0. The normalized spacial score (nSPS) is 19.5. The van der Waals surface area contributed by atoms with E-state index in [0.29, 0.717) is 36.9 Å². The number of nitrogens with zero attached hydrogens (tertiary/aromatic N) is 3. The number of nitrogens with one attached hydrogen (secondary N) is 1. The molecular formula is C28H29ClN4O3. The van der Waals surface area contributed by atoms with E-state index < -0.39 is 0 Å². The van der Waals surface area contributed by atoms with Gasteiger partial charge in [0, 0.05) is 54.2 Å². The van der Waals surface area contributed by atoms with Crippen molar-refractivity contribution >= 4 is 34.8 Å². The zero-order chi connectivity index (χ0) is 25.2. The Kier molecular flexibility index (Phi) is 6.94. The summed E-state index contributed by atoms with van der Waals surface area (Å²) in [5.74, 6) is -0.00773. The number of pyridine rings is 1. The lowest BCUT2D eigenvalue weighted by molar-refractivity contribution is -0.117. The maximum Gasteiger partial charge on any atom is 0.255 e. The summed E-state index contributed by atoms with van der Waals surface area (Å²) < 4.78 is 5.34. The van der Waals surface area contributed by atoms with E-state index in [2.05, 4.69) is 23.3 Å². The van der Waals surface area contributed by atoms with Crippen LogP contribution in [-0.2, 0) is 9.53 Å². The maximum atomic E-state index is 12.8. The van der Waals surface area contributed by atoms with Crippen LogP contribution in [0.2, 0.25) is 5.02 Å². The summed E-state index contributed by atoms with van der Waals surface area (Å²) in [5, 5.41) is 4.30. The van der Waals surface area contributed by atoms with E-state index in [0.717, 1.165) is 34.6 Å². The summed E-state index contributed by atoms with van der Waals surface area (Å²) in [6.07, 6.45) is 2.40. The first-order valence-electron chi connectivity index (χ1n) is 12.2. The van der Waals surface area contributed by atoms with Crippen molar-refractivity contribution in [1.82, 2.24) is 9.88 Å². The average Bonchev–Trinajstić information content (AvgIpc) is 2.90. The minimum Gasteiger partial charge on any atom is -0.378 e. The van der Waals surface area contributed by atoms with Crippen molar-refractivity contribution in [3.8, 4) is 11.3 Å². The van der Waals surface area contributed by atoms with Crippen LogP contribution in [-0.4, -0.2) is 54.0 Å². The first kappa shape index (κ1) is 24.3. The van der Waals surface area contributed by atoms with E-state index >= 15 is 0 Å². The predicted molar refractivity (Wildman–Crippen MR) is 141 cm³/mol. The molecule has 3 heterocycles. The second kappa shape index (κ2) is 10.3. The predicted octanol–water partition coefficient (Wildman–Crippen LogP) is 5.17. The molecule has 36 heavy (non-hydrogen) atoms. The lowest BCUT2D eigenvalue weighted by Gasteiger charge is -2.39. The third-order valence-electron chi connectivity index (χ3n) is 6.81. The Balaban J connectivity index is 1.45. The summed E-state index contributed by atoms with van der Waals surface area (Å²) in [5.41, 5.74) is 5.17. The molecule has 5 rings (SSSR count). The molecule has 0 spiro atoms. The van der Waals surface area contributed by atoms with Crippen LogP contribution in [0.3, 0.4) is 0 Å². The highest BCUT2D eigenvalue weighted by molar-refractivity contribution is 6.30. The molecule has 0 bridgehead atoms. The summed E-state index contributed by atoms with van der Waals surface area (Å²) in [6, 6.07) is 17.5. The number of hydrogen-bond acceptors (Lipinski definition) is 5. The molecule has 3 aromatic rings. The van der Waals surface area contributed by atoms with Gasteiger partial charge in [-0.25, -0.2) is 0 Å². The summed E-state index contributed by atoms with van der Waals surface area (Å²) in [6.45, 7) is 5.99. The number of carbonyl (C=O) groups is 2. The second-order valence-corrected chi connectivity index (χ2v) is 9.72. The highest BCUT2D eigenvalue weighted by Gasteiger charge is 2.32. The Morgan fingerprint density at radius 3 is 2.47 bits per heavy atom. The summed E-state index contributed by atoms with van der Waals surface area (Å²) in [4.78, 5) is 33.5. The molecule has 2 aromatic carbocycles. The smallest absolute Gasteiger partial charge is 0.255 e. The number of amides is 2. The highest BCUT2D eigenvalue weighted by Crippen LogP contribution is 2.41. The quantitative estimate of drug-likeness (QED) is 0.530. The van der Waals surface area contributed by atoms with Crippen LogP contribution < -0.4 is 10.2 Å². The van der Waals surface area contributed by atoms with Gasteiger partial charge in [0.1, 0.15) is 0 Å². The molecule has 8 heteroatoms. The van der Waals surface area contributed by atoms with Crippen LogP contribution in [0.4, 0.5) is 11.4 Å². The molecule has 0 aliphatic carbocycles. The molecule has 2 amide bonds. The van der Waals surface area contributed by atoms with Crippen LogP contribution in [0.1, 0.15) is 42.2 Å². The number of benzene rings is 2. The van der Waals surface area contributed by atoms with Crippen molar-refractivity contribution in [2.24, 2.45) is 0 Å². The Bertz CT molecular complexity index is 1260. The molecule has 1 fully saturated rings. The zero-order valence-corrected chi connectivity index (χ0v) is 21.2. The number of halogens is 1. The number of fused-ring (bicyclic) bond motifs is 1. The van der Waals surface area contributed by atoms with Crippen molar-refractivity contribution in [3.05, 3.63) is 76.9 Å². The highest BCUT2D eigenvalue weighted by atomic mass is 35.5. The molecule has 2 atom stereocenters. The average molecular weight is 505 g/mol. The van der Waals surface area contributed by atoms with Gasteiger partial charge < -0.3 is 19.9 Å². The molecule has 7 nitrogen and oxygen atoms in total. The van der Waals surface area contributed by atoms with Crippen molar-refractivity contribution in [2.75, 3.05) is 36.5 Å².